The molecule has 5 heterocycles. The van der Waals surface area contributed by atoms with Crippen molar-refractivity contribution in [2.45, 2.75) is 38.8 Å². The zero-order chi connectivity index (χ0) is 28.5. The van der Waals surface area contributed by atoms with Crippen LogP contribution in [0.25, 0.3) is 55.8 Å². The van der Waals surface area contributed by atoms with Gasteiger partial charge in [-0.05, 0) is 79.4 Å². The fourth-order valence-electron chi connectivity index (χ4n) is 5.99. The Bertz CT molecular complexity index is 1870. The summed E-state index contributed by atoms with van der Waals surface area (Å²) in [5.74, 6) is 1.10. The van der Waals surface area contributed by atoms with Crippen molar-refractivity contribution in [2.75, 3.05) is 13.6 Å². The maximum Gasteiger partial charge on any atom is 0.181 e. The molecule has 0 saturated heterocycles. The number of H-pyrrole nitrogens is 2. The van der Waals surface area contributed by atoms with Crippen LogP contribution in [0.15, 0.2) is 61.3 Å². The Morgan fingerprint density at radius 3 is 2.60 bits per heavy atom. The van der Waals surface area contributed by atoms with Crippen molar-refractivity contribution in [3.8, 4) is 33.8 Å². The highest BCUT2D eigenvalue weighted by atomic mass is 19.1. The van der Waals surface area contributed by atoms with Crippen molar-refractivity contribution in [3.63, 3.8) is 0 Å². The van der Waals surface area contributed by atoms with Crippen LogP contribution in [-0.2, 0) is 13.1 Å². The van der Waals surface area contributed by atoms with E-state index in [-0.39, 0.29) is 5.82 Å². The van der Waals surface area contributed by atoms with Gasteiger partial charge in [0.25, 0.3) is 0 Å². The average molecular weight is 562 g/mol. The molecule has 0 radical (unpaired) electrons. The number of pyridine rings is 3. The monoisotopic (exact) mass is 561 g/mol. The van der Waals surface area contributed by atoms with Crippen molar-refractivity contribution in [1.29, 1.82) is 0 Å². The molecule has 0 unspecified atom stereocenters. The van der Waals surface area contributed by atoms with Gasteiger partial charge < -0.3 is 15.6 Å². The van der Waals surface area contributed by atoms with Crippen LogP contribution in [0.3, 0.4) is 0 Å². The van der Waals surface area contributed by atoms with Gasteiger partial charge in [-0.15, -0.1) is 0 Å². The number of nitrogens with one attached hydrogen (secondary N) is 4. The van der Waals surface area contributed by atoms with E-state index in [1.807, 2.05) is 31.7 Å². The lowest BCUT2D eigenvalue weighted by Crippen LogP contribution is -2.20. The molecule has 4 N–H and O–H groups in total. The summed E-state index contributed by atoms with van der Waals surface area (Å²) in [6.45, 7) is 2.41. The second-order valence-corrected chi connectivity index (χ2v) is 11.1. The SMILES string of the molecule is CNCc1cc(F)cc(-c2cncc3[nH]c(-c4[nH]nc5ncc(-c6cncc(CNCC7CCCC7)c6)cc45)nc23)c1. The van der Waals surface area contributed by atoms with Gasteiger partial charge in [0.1, 0.15) is 11.5 Å². The fraction of sp³-hybridized carbons (Fsp3) is 0.281. The highest BCUT2D eigenvalue weighted by Crippen LogP contribution is 2.33. The number of aromatic nitrogens is 7. The lowest BCUT2D eigenvalue weighted by Gasteiger charge is -2.11. The second kappa shape index (κ2) is 11.4. The van der Waals surface area contributed by atoms with Crippen molar-refractivity contribution < 1.29 is 4.39 Å². The van der Waals surface area contributed by atoms with Crippen LogP contribution in [0.1, 0.15) is 36.8 Å². The summed E-state index contributed by atoms with van der Waals surface area (Å²) in [4.78, 5) is 21.8. The fourth-order valence-corrected chi connectivity index (χ4v) is 5.99. The molecule has 1 aromatic carbocycles. The Morgan fingerprint density at radius 1 is 0.881 bits per heavy atom. The summed E-state index contributed by atoms with van der Waals surface area (Å²) in [6.07, 6.45) is 14.4. The summed E-state index contributed by atoms with van der Waals surface area (Å²) < 4.78 is 14.5. The Kier molecular flexibility index (Phi) is 7.15. The number of halogens is 1. The van der Waals surface area contributed by atoms with E-state index in [0.29, 0.717) is 23.5 Å². The van der Waals surface area contributed by atoms with E-state index in [2.05, 4.69) is 52.9 Å². The van der Waals surface area contributed by atoms with Gasteiger partial charge in [0, 0.05) is 54.6 Å². The number of benzene rings is 1. The summed E-state index contributed by atoms with van der Waals surface area (Å²) >= 11 is 0. The van der Waals surface area contributed by atoms with Crippen molar-refractivity contribution in [3.05, 3.63) is 78.3 Å². The van der Waals surface area contributed by atoms with Crippen molar-refractivity contribution >= 4 is 22.1 Å². The molecule has 0 aliphatic heterocycles. The zero-order valence-corrected chi connectivity index (χ0v) is 23.4. The topological polar surface area (TPSA) is 120 Å². The molecule has 0 atom stereocenters. The van der Waals surface area contributed by atoms with Crippen LogP contribution in [0, 0.1) is 11.7 Å². The van der Waals surface area contributed by atoms with E-state index >= 15 is 0 Å². The smallest absolute Gasteiger partial charge is 0.181 e. The van der Waals surface area contributed by atoms with Gasteiger partial charge in [-0.25, -0.2) is 14.4 Å². The van der Waals surface area contributed by atoms with E-state index < -0.39 is 0 Å². The summed E-state index contributed by atoms with van der Waals surface area (Å²) in [7, 11) is 1.84. The quantitative estimate of drug-likeness (QED) is 0.177. The van der Waals surface area contributed by atoms with Gasteiger partial charge in [0.15, 0.2) is 11.5 Å². The minimum atomic E-state index is -0.299. The lowest BCUT2D eigenvalue weighted by atomic mass is 10.0. The molecule has 0 bridgehead atoms. The predicted molar refractivity (Wildman–Crippen MR) is 162 cm³/mol. The maximum atomic E-state index is 14.5. The second-order valence-electron chi connectivity index (χ2n) is 11.1. The third-order valence-electron chi connectivity index (χ3n) is 8.06. The molecule has 1 aliphatic carbocycles. The first-order chi connectivity index (χ1) is 20.6. The van der Waals surface area contributed by atoms with Crippen LogP contribution >= 0.6 is 0 Å². The van der Waals surface area contributed by atoms with Gasteiger partial charge in [-0.1, -0.05) is 12.8 Å². The molecule has 1 aliphatic rings. The molecule has 1 saturated carbocycles. The van der Waals surface area contributed by atoms with Gasteiger partial charge >= 0.3 is 0 Å². The normalized spacial score (nSPS) is 14.0. The van der Waals surface area contributed by atoms with E-state index in [9.17, 15) is 4.39 Å². The maximum absolute atomic E-state index is 14.5. The molecular formula is C32H32FN9. The van der Waals surface area contributed by atoms with Crippen LogP contribution < -0.4 is 10.6 Å². The van der Waals surface area contributed by atoms with Crippen LogP contribution in [0.4, 0.5) is 4.39 Å². The van der Waals surface area contributed by atoms with Gasteiger partial charge in [-0.2, -0.15) is 5.10 Å². The molecule has 0 amide bonds. The van der Waals surface area contributed by atoms with E-state index in [1.54, 1.807) is 12.4 Å². The van der Waals surface area contributed by atoms with Crippen LogP contribution in [0.2, 0.25) is 0 Å². The number of nitrogens with zero attached hydrogens (tertiary/aromatic N) is 5. The van der Waals surface area contributed by atoms with Crippen LogP contribution in [-0.4, -0.2) is 48.7 Å². The van der Waals surface area contributed by atoms with Crippen LogP contribution in [0.5, 0.6) is 0 Å². The number of rotatable bonds is 9. The summed E-state index contributed by atoms with van der Waals surface area (Å²) in [6, 6.07) is 9.23. The first-order valence-electron chi connectivity index (χ1n) is 14.4. The van der Waals surface area contributed by atoms with E-state index in [1.165, 1.54) is 37.8 Å². The number of imidazole rings is 1. The minimum absolute atomic E-state index is 0.299. The molecule has 212 valence electrons. The third-order valence-corrected chi connectivity index (χ3v) is 8.06. The summed E-state index contributed by atoms with van der Waals surface area (Å²) in [5.41, 5.74) is 8.18. The molecule has 7 rings (SSSR count). The molecule has 5 aromatic heterocycles. The first kappa shape index (κ1) is 26.4. The highest BCUT2D eigenvalue weighted by molar-refractivity contribution is 5.96. The Morgan fingerprint density at radius 2 is 1.71 bits per heavy atom. The predicted octanol–water partition coefficient (Wildman–Crippen LogP) is 5.76. The standard InChI is InChI=1S/C32H32FN9/c1-34-11-20-6-22(9-25(33)8-20)27-17-37-18-28-29(27)40-32(39-28)30-26-10-24(16-38-31(26)42-41-30)23-7-21(14-36-15-23)13-35-12-19-4-2-3-5-19/h6-10,14-19,34-35H,2-5,11-13H2,1H3,(H,39,40)(H,38,41,42). The molecule has 6 aromatic rings. The third kappa shape index (κ3) is 5.26. The molecule has 1 fully saturated rings. The van der Waals surface area contributed by atoms with E-state index in [0.717, 1.165) is 69.0 Å². The van der Waals surface area contributed by atoms with Gasteiger partial charge in [0.2, 0.25) is 0 Å². The first-order valence-corrected chi connectivity index (χ1v) is 14.4. The summed E-state index contributed by atoms with van der Waals surface area (Å²) in [5, 5.41) is 15.1. The molecular weight excluding hydrogens is 529 g/mol. The Labute approximate surface area is 242 Å². The average Bonchev–Trinajstić information content (AvgIpc) is 3.76. The number of hydrogen-bond donors (Lipinski definition) is 4. The highest BCUT2D eigenvalue weighted by Gasteiger charge is 2.18. The Balaban J connectivity index is 1.20. The molecule has 10 heteroatoms. The van der Waals surface area contributed by atoms with E-state index in [4.69, 9.17) is 4.98 Å². The number of aromatic amines is 2. The van der Waals surface area contributed by atoms with Gasteiger partial charge in [0.05, 0.1) is 22.6 Å². The number of fused-ring (bicyclic) bond motifs is 2. The largest absolute Gasteiger partial charge is 0.335 e. The van der Waals surface area contributed by atoms with Gasteiger partial charge in [-0.3, -0.25) is 15.1 Å². The molecule has 0 spiro atoms. The van der Waals surface area contributed by atoms with Crippen molar-refractivity contribution in [1.82, 2.24) is 45.8 Å². The lowest BCUT2D eigenvalue weighted by molar-refractivity contribution is 0.489. The van der Waals surface area contributed by atoms with Crippen molar-refractivity contribution in [2.24, 2.45) is 5.92 Å². The molecule has 42 heavy (non-hydrogen) atoms. The number of hydrogen-bond acceptors (Lipinski definition) is 7. The molecule has 9 nitrogen and oxygen atoms in total. The Hall–Kier alpha value is -4.54. The minimum Gasteiger partial charge on any atom is -0.335 e. The zero-order valence-electron chi connectivity index (χ0n) is 23.4.